The average Bonchev–Trinajstić information content (AvgIpc) is 2.53. The molecule has 1 aliphatic heterocycles. The lowest BCUT2D eigenvalue weighted by atomic mass is 9.77. The van der Waals surface area contributed by atoms with Crippen LogP contribution in [-0.4, -0.2) is 24.9 Å². The van der Waals surface area contributed by atoms with Crippen LogP contribution in [0.5, 0.6) is 0 Å². The van der Waals surface area contributed by atoms with Crippen LogP contribution in [0.4, 0.5) is 0 Å². The van der Waals surface area contributed by atoms with E-state index in [1.54, 1.807) is 18.2 Å². The van der Waals surface area contributed by atoms with Crippen LogP contribution in [0.1, 0.15) is 42.1 Å². The van der Waals surface area contributed by atoms with Gasteiger partial charge in [-0.15, -0.1) is 0 Å². The van der Waals surface area contributed by atoms with Crippen LogP contribution in [-0.2, 0) is 11.3 Å². The van der Waals surface area contributed by atoms with Crippen molar-refractivity contribution in [2.24, 2.45) is 11.1 Å². The number of primary amides is 1. The zero-order chi connectivity index (χ0) is 15.3. The van der Waals surface area contributed by atoms with Gasteiger partial charge in [-0.25, -0.2) is 0 Å². The first-order valence-electron chi connectivity index (χ1n) is 7.45. The number of rotatable bonds is 5. The summed E-state index contributed by atoms with van der Waals surface area (Å²) in [5.41, 5.74) is 6.31. The molecule has 5 nitrogen and oxygen atoms in total. The quantitative estimate of drug-likeness (QED) is 0.761. The first-order valence-corrected chi connectivity index (χ1v) is 7.45. The Morgan fingerprint density at radius 1 is 1.43 bits per heavy atom. The molecular formula is C16H23N3O2. The van der Waals surface area contributed by atoms with Crippen LogP contribution in [0.2, 0.25) is 0 Å². The fraction of sp³-hybridized carbons (Fsp3) is 0.500. The molecule has 0 spiro atoms. The third-order valence-corrected chi connectivity index (χ3v) is 4.30. The summed E-state index contributed by atoms with van der Waals surface area (Å²) in [4.78, 5) is 23.7. The molecule has 1 saturated heterocycles. The number of hydrogen-bond donors (Lipinski definition) is 3. The van der Waals surface area contributed by atoms with E-state index >= 15 is 0 Å². The van der Waals surface area contributed by atoms with Crippen molar-refractivity contribution in [3.8, 4) is 0 Å². The van der Waals surface area contributed by atoms with Crippen LogP contribution >= 0.6 is 0 Å². The highest BCUT2D eigenvalue weighted by Crippen LogP contribution is 2.30. The normalized spacial score (nSPS) is 21.8. The predicted molar refractivity (Wildman–Crippen MR) is 81.6 cm³/mol. The van der Waals surface area contributed by atoms with E-state index in [2.05, 4.69) is 17.6 Å². The van der Waals surface area contributed by atoms with Gasteiger partial charge in [-0.2, -0.15) is 0 Å². The van der Waals surface area contributed by atoms with E-state index in [0.717, 1.165) is 37.9 Å². The molecule has 1 fully saturated rings. The van der Waals surface area contributed by atoms with Crippen molar-refractivity contribution < 1.29 is 9.59 Å². The molecule has 0 aromatic heterocycles. The monoisotopic (exact) mass is 289 g/mol. The number of carbonyl (C=O) groups is 2. The number of nitrogens with two attached hydrogens (primary N) is 1. The first-order chi connectivity index (χ1) is 10.1. The Morgan fingerprint density at radius 3 is 2.86 bits per heavy atom. The molecule has 0 radical (unpaired) electrons. The Labute approximate surface area is 125 Å². The minimum atomic E-state index is -0.454. The largest absolute Gasteiger partial charge is 0.366 e. The van der Waals surface area contributed by atoms with Gasteiger partial charge in [-0.3, -0.25) is 9.59 Å². The first kappa shape index (κ1) is 15.5. The van der Waals surface area contributed by atoms with Crippen molar-refractivity contribution in [3.05, 3.63) is 35.4 Å². The van der Waals surface area contributed by atoms with Crippen molar-refractivity contribution in [3.63, 3.8) is 0 Å². The number of nitrogens with one attached hydrogen (secondary N) is 2. The smallest absolute Gasteiger partial charge is 0.248 e. The van der Waals surface area contributed by atoms with Gasteiger partial charge < -0.3 is 16.4 Å². The molecule has 114 valence electrons. The van der Waals surface area contributed by atoms with Gasteiger partial charge in [-0.05, 0) is 43.5 Å². The van der Waals surface area contributed by atoms with Gasteiger partial charge in [0.05, 0.1) is 5.41 Å². The number of benzene rings is 1. The Kier molecular flexibility index (Phi) is 4.96. The Morgan fingerprint density at radius 2 is 2.24 bits per heavy atom. The minimum Gasteiger partial charge on any atom is -0.366 e. The highest BCUT2D eigenvalue weighted by atomic mass is 16.2. The summed E-state index contributed by atoms with van der Waals surface area (Å²) in [6.45, 7) is 4.19. The van der Waals surface area contributed by atoms with Gasteiger partial charge in [0.15, 0.2) is 0 Å². The number of carbonyl (C=O) groups excluding carboxylic acids is 2. The van der Waals surface area contributed by atoms with Gasteiger partial charge in [0.1, 0.15) is 0 Å². The summed E-state index contributed by atoms with van der Waals surface area (Å²) >= 11 is 0. The van der Waals surface area contributed by atoms with Crippen molar-refractivity contribution in [1.29, 1.82) is 0 Å². The Bertz CT molecular complexity index is 522. The highest BCUT2D eigenvalue weighted by Gasteiger charge is 2.37. The molecule has 21 heavy (non-hydrogen) atoms. The Balaban J connectivity index is 2.00. The van der Waals surface area contributed by atoms with Gasteiger partial charge >= 0.3 is 0 Å². The molecule has 0 aliphatic carbocycles. The van der Waals surface area contributed by atoms with E-state index < -0.39 is 5.91 Å². The predicted octanol–water partition coefficient (Wildman–Crippen LogP) is 1.18. The number of piperidine rings is 1. The molecule has 5 heteroatoms. The lowest BCUT2D eigenvalue weighted by molar-refractivity contribution is -0.132. The molecule has 4 N–H and O–H groups in total. The molecule has 1 heterocycles. The van der Waals surface area contributed by atoms with Crippen LogP contribution in [0.25, 0.3) is 0 Å². The maximum atomic E-state index is 12.5. The van der Waals surface area contributed by atoms with Crippen molar-refractivity contribution >= 4 is 11.8 Å². The lowest BCUT2D eigenvalue weighted by Crippen LogP contribution is -2.50. The second-order valence-corrected chi connectivity index (χ2v) is 5.66. The maximum absolute atomic E-state index is 12.5. The summed E-state index contributed by atoms with van der Waals surface area (Å²) in [6, 6.07) is 7.05. The summed E-state index contributed by atoms with van der Waals surface area (Å²) < 4.78 is 0. The highest BCUT2D eigenvalue weighted by molar-refractivity contribution is 5.92. The molecular weight excluding hydrogens is 266 g/mol. The van der Waals surface area contributed by atoms with Gasteiger partial charge in [0, 0.05) is 18.7 Å². The summed E-state index contributed by atoms with van der Waals surface area (Å²) in [5, 5.41) is 6.30. The second-order valence-electron chi connectivity index (χ2n) is 5.66. The van der Waals surface area contributed by atoms with E-state index in [1.165, 1.54) is 0 Å². The standard InChI is InChI=1S/C16H23N3O2/c1-2-16(7-4-8-18-11-16)15(21)19-10-12-5-3-6-13(9-12)14(17)20/h3,5-6,9,18H,2,4,7-8,10-11H2,1H3,(H2,17,20)(H,19,21). The third-order valence-electron chi connectivity index (χ3n) is 4.30. The van der Waals surface area contributed by atoms with Crippen LogP contribution < -0.4 is 16.4 Å². The zero-order valence-corrected chi connectivity index (χ0v) is 12.4. The molecule has 1 aromatic rings. The summed E-state index contributed by atoms with van der Waals surface area (Å²) in [5.74, 6) is -0.369. The third kappa shape index (κ3) is 3.61. The van der Waals surface area contributed by atoms with Crippen molar-refractivity contribution in [2.45, 2.75) is 32.7 Å². The van der Waals surface area contributed by atoms with E-state index in [0.29, 0.717) is 12.1 Å². The van der Waals surface area contributed by atoms with Gasteiger partial charge in [0.25, 0.3) is 0 Å². The zero-order valence-electron chi connectivity index (χ0n) is 12.4. The molecule has 1 unspecified atom stereocenters. The van der Waals surface area contributed by atoms with E-state index in [9.17, 15) is 9.59 Å². The lowest BCUT2D eigenvalue weighted by Gasteiger charge is -2.35. The molecule has 0 bridgehead atoms. The van der Waals surface area contributed by atoms with Gasteiger partial charge in [0.2, 0.25) is 11.8 Å². The average molecular weight is 289 g/mol. The number of hydrogen-bond acceptors (Lipinski definition) is 3. The molecule has 1 atom stereocenters. The van der Waals surface area contributed by atoms with E-state index in [4.69, 9.17) is 5.73 Å². The van der Waals surface area contributed by atoms with Crippen LogP contribution in [0, 0.1) is 5.41 Å². The molecule has 1 aromatic carbocycles. The SMILES string of the molecule is CCC1(C(=O)NCc2cccc(C(N)=O)c2)CCCNC1. The fourth-order valence-electron chi connectivity index (χ4n) is 2.83. The summed E-state index contributed by atoms with van der Waals surface area (Å²) in [7, 11) is 0. The van der Waals surface area contributed by atoms with Crippen molar-refractivity contribution in [1.82, 2.24) is 10.6 Å². The van der Waals surface area contributed by atoms with E-state index in [-0.39, 0.29) is 11.3 Å². The van der Waals surface area contributed by atoms with Crippen LogP contribution in [0.3, 0.4) is 0 Å². The van der Waals surface area contributed by atoms with E-state index in [1.807, 2.05) is 6.07 Å². The van der Waals surface area contributed by atoms with Crippen molar-refractivity contribution in [2.75, 3.05) is 13.1 Å². The fourth-order valence-corrected chi connectivity index (χ4v) is 2.83. The second kappa shape index (κ2) is 6.72. The molecule has 0 saturated carbocycles. The summed E-state index contributed by atoms with van der Waals surface area (Å²) in [6.07, 6.45) is 2.77. The van der Waals surface area contributed by atoms with Gasteiger partial charge in [-0.1, -0.05) is 19.1 Å². The molecule has 2 amide bonds. The maximum Gasteiger partial charge on any atom is 0.248 e. The molecule has 2 rings (SSSR count). The molecule has 1 aliphatic rings. The minimum absolute atomic E-state index is 0.0849. The van der Waals surface area contributed by atoms with Crippen LogP contribution in [0.15, 0.2) is 24.3 Å². The topological polar surface area (TPSA) is 84.2 Å². The number of amides is 2. The Hall–Kier alpha value is -1.88.